The third-order valence-electron chi connectivity index (χ3n) is 7.99. The van der Waals surface area contributed by atoms with Gasteiger partial charge in [-0.1, -0.05) is 164 Å². The lowest BCUT2D eigenvalue weighted by atomic mass is 9.79. The predicted octanol–water partition coefficient (Wildman–Crippen LogP) is 9.33. The molecule has 4 nitrogen and oxygen atoms in total. The first-order valence-corrected chi connectivity index (χ1v) is 22.1. The summed E-state index contributed by atoms with van der Waals surface area (Å²) in [6.45, 7) is 4.52. The quantitative estimate of drug-likeness (QED) is 0.0490. The van der Waals surface area contributed by atoms with Crippen LogP contribution in [0.1, 0.15) is 162 Å². The first-order chi connectivity index (χ1) is 20.5. The Morgan fingerprint density at radius 3 is 1.26 bits per heavy atom. The van der Waals surface area contributed by atoms with E-state index >= 15 is 0 Å². The summed E-state index contributed by atoms with van der Waals surface area (Å²) >= 11 is 3.45. The summed E-state index contributed by atoms with van der Waals surface area (Å²) in [6, 6.07) is 0. The van der Waals surface area contributed by atoms with Crippen molar-refractivity contribution in [1.29, 1.82) is 0 Å². The van der Waals surface area contributed by atoms with Crippen LogP contribution in [-0.4, -0.2) is 46.5 Å². The van der Waals surface area contributed by atoms with Crippen LogP contribution < -0.4 is 10.2 Å². The van der Waals surface area contributed by atoms with Crippen molar-refractivity contribution in [1.82, 2.24) is 0 Å². The van der Waals surface area contributed by atoms with Crippen molar-refractivity contribution in [3.05, 3.63) is 0 Å². The lowest BCUT2D eigenvalue weighted by Gasteiger charge is -2.35. The number of thioether (sulfide) groups is 2. The van der Waals surface area contributed by atoms with Crippen LogP contribution in [0.2, 0.25) is 0 Å². The van der Waals surface area contributed by atoms with E-state index in [9.17, 15) is 19.8 Å². The molecule has 0 atom stereocenters. The van der Waals surface area contributed by atoms with E-state index in [0.717, 1.165) is 61.5 Å². The van der Waals surface area contributed by atoms with Crippen LogP contribution in [0.3, 0.4) is 0 Å². The number of hydrogen-bond acceptors (Lipinski definition) is 8. The van der Waals surface area contributed by atoms with E-state index in [4.69, 9.17) is 0 Å². The predicted molar refractivity (Wildman–Crippen MR) is 190 cm³/mol. The maximum Gasteiger partial charge on any atom is 0.0484 e. The van der Waals surface area contributed by atoms with Crippen molar-refractivity contribution in [3.63, 3.8) is 0 Å². The van der Waals surface area contributed by atoms with Gasteiger partial charge in [0, 0.05) is 46.1 Å². The van der Waals surface area contributed by atoms with E-state index < -0.39 is 17.4 Å². The molecular weight excluding hydrogens is 601 g/mol. The molecule has 0 rings (SSSR count). The second-order valence-electron chi connectivity index (χ2n) is 11.9. The number of carboxylic acids is 2. The number of carboxylic acid groups (broad SMARTS) is 2. The normalized spacial score (nSPS) is 11.8. The fourth-order valence-corrected chi connectivity index (χ4v) is 10.4. The summed E-state index contributed by atoms with van der Waals surface area (Å²) in [5.41, 5.74) is -0.682. The largest absolute Gasteiger partial charge is 0.550 e. The smallest absolute Gasteiger partial charge is 0.0484 e. The Morgan fingerprint density at radius 2 is 0.881 bits per heavy atom. The van der Waals surface area contributed by atoms with Gasteiger partial charge in [0.05, 0.1) is 0 Å². The SMILES string of the molecule is CCCCCCCCCCCCC(CCCCCCCCCCCC)(CSCCSSCCSCCC(=O)[O-])C(=O)[O-]. The molecule has 42 heavy (non-hydrogen) atoms. The average Bonchev–Trinajstić information content (AvgIpc) is 2.97. The fourth-order valence-electron chi connectivity index (χ4n) is 5.26. The highest BCUT2D eigenvalue weighted by Gasteiger charge is 2.30. The van der Waals surface area contributed by atoms with Gasteiger partial charge in [0.25, 0.3) is 0 Å². The summed E-state index contributed by atoms with van der Waals surface area (Å²) in [6.07, 6.45) is 27.0. The van der Waals surface area contributed by atoms with E-state index in [-0.39, 0.29) is 6.42 Å². The highest BCUT2D eigenvalue weighted by atomic mass is 33.1. The van der Waals surface area contributed by atoms with Crippen LogP contribution in [0.4, 0.5) is 0 Å². The van der Waals surface area contributed by atoms with Gasteiger partial charge >= 0.3 is 0 Å². The van der Waals surface area contributed by atoms with Crippen molar-refractivity contribution in [2.24, 2.45) is 5.41 Å². The molecule has 0 aromatic carbocycles. The van der Waals surface area contributed by atoms with Crippen molar-refractivity contribution >= 4 is 57.1 Å². The molecule has 0 fully saturated rings. The Labute approximate surface area is 277 Å². The van der Waals surface area contributed by atoms with Crippen LogP contribution in [0.25, 0.3) is 0 Å². The third-order valence-corrected chi connectivity index (χ3v) is 13.1. The standard InChI is InChI=1S/C34H66O4S4/c1-3-5-7-9-11-13-15-17-19-21-24-34(33(37)38,25-22-20-18-16-14-12-10-8-6-4-2)31-40-28-30-42-41-29-27-39-26-23-32(35)36/h3-31H2,1-2H3,(H,35,36)(H,37,38)/p-2. The molecule has 0 unspecified atom stereocenters. The van der Waals surface area contributed by atoms with E-state index in [1.54, 1.807) is 23.5 Å². The molecule has 0 spiro atoms. The first-order valence-electron chi connectivity index (χ1n) is 17.3. The Kier molecular flexibility index (Phi) is 33.0. The summed E-state index contributed by atoms with van der Waals surface area (Å²) in [5, 5.41) is 23.0. The number of unbranched alkanes of at least 4 members (excludes halogenated alkanes) is 18. The summed E-state index contributed by atoms with van der Waals surface area (Å²) in [5.74, 6) is 3.39. The molecule has 0 saturated heterocycles. The number of carbonyl (C=O) groups is 2. The molecule has 0 heterocycles. The van der Waals surface area contributed by atoms with E-state index in [1.165, 1.54) is 103 Å². The zero-order valence-electron chi connectivity index (χ0n) is 27.3. The molecule has 0 aromatic rings. The maximum absolute atomic E-state index is 12.6. The molecule has 250 valence electrons. The molecular formula is C34H64O4S4-2. The van der Waals surface area contributed by atoms with Crippen LogP contribution in [0.5, 0.6) is 0 Å². The fraction of sp³-hybridized carbons (Fsp3) is 0.941. The summed E-state index contributed by atoms with van der Waals surface area (Å²) in [7, 11) is 3.66. The van der Waals surface area contributed by atoms with Crippen molar-refractivity contribution < 1.29 is 19.8 Å². The highest BCUT2D eigenvalue weighted by Crippen LogP contribution is 2.36. The van der Waals surface area contributed by atoms with Gasteiger partial charge in [0.2, 0.25) is 0 Å². The molecule has 0 saturated carbocycles. The highest BCUT2D eigenvalue weighted by molar-refractivity contribution is 8.76. The van der Waals surface area contributed by atoms with Gasteiger partial charge in [-0.25, -0.2) is 0 Å². The zero-order valence-corrected chi connectivity index (χ0v) is 30.5. The Hall–Kier alpha value is 0.340. The zero-order chi connectivity index (χ0) is 31.0. The van der Waals surface area contributed by atoms with Gasteiger partial charge in [-0.2, -0.15) is 23.5 Å². The van der Waals surface area contributed by atoms with Gasteiger partial charge in [-0.15, -0.1) is 0 Å². The third kappa shape index (κ3) is 27.9. The van der Waals surface area contributed by atoms with Gasteiger partial charge in [0.15, 0.2) is 0 Å². The van der Waals surface area contributed by atoms with Gasteiger partial charge < -0.3 is 19.8 Å². The molecule has 0 aromatic heterocycles. The van der Waals surface area contributed by atoms with Crippen molar-refractivity contribution in [2.45, 2.75) is 162 Å². The molecule has 0 aliphatic heterocycles. The maximum atomic E-state index is 12.6. The topological polar surface area (TPSA) is 80.3 Å². The Bertz CT molecular complexity index is 582. The van der Waals surface area contributed by atoms with Crippen LogP contribution in [0, 0.1) is 5.41 Å². The number of carbonyl (C=O) groups excluding carboxylic acids is 2. The second-order valence-corrected chi connectivity index (χ2v) is 16.9. The molecule has 0 aliphatic rings. The first kappa shape index (κ1) is 42.3. The van der Waals surface area contributed by atoms with Gasteiger partial charge in [-0.05, 0) is 25.0 Å². The van der Waals surface area contributed by atoms with E-state index in [1.807, 2.05) is 21.6 Å². The summed E-state index contributed by atoms with van der Waals surface area (Å²) < 4.78 is 0. The molecule has 0 aliphatic carbocycles. The summed E-state index contributed by atoms with van der Waals surface area (Å²) in [4.78, 5) is 23.0. The Balaban J connectivity index is 4.40. The molecule has 0 amide bonds. The molecule has 0 N–H and O–H groups in total. The number of hydrogen-bond donors (Lipinski definition) is 0. The number of aliphatic carboxylic acids is 2. The Morgan fingerprint density at radius 1 is 0.500 bits per heavy atom. The minimum atomic E-state index is -0.976. The molecule has 8 heteroatoms. The monoisotopic (exact) mass is 664 g/mol. The molecule has 0 radical (unpaired) electrons. The average molecular weight is 665 g/mol. The second kappa shape index (κ2) is 32.7. The van der Waals surface area contributed by atoms with Crippen LogP contribution in [-0.2, 0) is 9.59 Å². The van der Waals surface area contributed by atoms with Crippen LogP contribution in [0.15, 0.2) is 0 Å². The van der Waals surface area contributed by atoms with E-state index in [2.05, 4.69) is 13.8 Å². The molecule has 0 bridgehead atoms. The number of rotatable bonds is 35. The van der Waals surface area contributed by atoms with Gasteiger partial charge in [0.1, 0.15) is 0 Å². The lowest BCUT2D eigenvalue weighted by Crippen LogP contribution is -2.44. The lowest BCUT2D eigenvalue weighted by molar-refractivity contribution is -0.319. The van der Waals surface area contributed by atoms with Gasteiger partial charge in [-0.3, -0.25) is 0 Å². The van der Waals surface area contributed by atoms with E-state index in [0.29, 0.717) is 11.5 Å². The van der Waals surface area contributed by atoms with Crippen LogP contribution >= 0.6 is 45.1 Å². The van der Waals surface area contributed by atoms with Crippen molar-refractivity contribution in [3.8, 4) is 0 Å². The minimum absolute atomic E-state index is 0.123. The minimum Gasteiger partial charge on any atom is -0.550 e. The van der Waals surface area contributed by atoms with Crippen molar-refractivity contribution in [2.75, 3.05) is 34.5 Å².